The van der Waals surface area contributed by atoms with Crippen LogP contribution in [0, 0.1) is 0 Å². The predicted octanol–water partition coefficient (Wildman–Crippen LogP) is 3.40. The molecule has 0 aliphatic rings. The number of benzene rings is 2. The highest BCUT2D eigenvalue weighted by Gasteiger charge is 2.31. The van der Waals surface area contributed by atoms with Crippen molar-refractivity contribution in [3.63, 3.8) is 0 Å². The van der Waals surface area contributed by atoms with Crippen LogP contribution in [0.4, 0.5) is 18.9 Å². The van der Waals surface area contributed by atoms with Gasteiger partial charge in [0.1, 0.15) is 17.2 Å². The lowest BCUT2D eigenvalue weighted by molar-refractivity contribution is -0.274. The molecule has 2 aromatic carbocycles. The highest BCUT2D eigenvalue weighted by Crippen LogP contribution is 2.28. The third-order valence-electron chi connectivity index (χ3n) is 2.97. The van der Waals surface area contributed by atoms with Crippen molar-refractivity contribution >= 4 is 15.7 Å². The topological polar surface area (TPSA) is 73.9 Å². The largest absolute Gasteiger partial charge is 0.573 e. The normalized spacial score (nSPS) is 11.7. The first-order chi connectivity index (χ1) is 11.6. The summed E-state index contributed by atoms with van der Waals surface area (Å²) in [5.41, 5.74) is 0.173. The van der Waals surface area contributed by atoms with Crippen LogP contribution < -0.4 is 18.9 Å². The Hall–Kier alpha value is -2.62. The smallest absolute Gasteiger partial charge is 0.497 e. The number of hydrogen-bond acceptors (Lipinski definition) is 5. The number of halogens is 3. The summed E-state index contributed by atoms with van der Waals surface area (Å²) in [4.78, 5) is -0.233. The predicted molar refractivity (Wildman–Crippen MR) is 83.5 cm³/mol. The molecule has 0 aliphatic carbocycles. The molecule has 0 amide bonds. The van der Waals surface area contributed by atoms with Gasteiger partial charge in [-0.1, -0.05) is 0 Å². The maximum Gasteiger partial charge on any atom is 0.573 e. The van der Waals surface area contributed by atoms with Gasteiger partial charge in [0.25, 0.3) is 10.0 Å². The quantitative estimate of drug-likeness (QED) is 0.835. The molecular formula is C15H14F3NO5S. The number of hydrogen-bond donors (Lipinski definition) is 1. The van der Waals surface area contributed by atoms with Crippen molar-refractivity contribution < 1.29 is 35.8 Å². The van der Waals surface area contributed by atoms with E-state index in [1.807, 2.05) is 0 Å². The SMILES string of the molecule is COc1cc(NS(=O)(=O)c2ccc(OC(F)(F)F)cc2)cc(OC)c1. The Morgan fingerprint density at radius 1 is 0.880 bits per heavy atom. The second-order valence-electron chi connectivity index (χ2n) is 4.73. The van der Waals surface area contributed by atoms with Crippen LogP contribution in [-0.4, -0.2) is 29.0 Å². The number of nitrogens with one attached hydrogen (secondary N) is 1. The Balaban J connectivity index is 2.24. The molecule has 0 bridgehead atoms. The summed E-state index contributed by atoms with van der Waals surface area (Å²) in [7, 11) is -1.20. The van der Waals surface area contributed by atoms with E-state index in [1.54, 1.807) is 6.07 Å². The van der Waals surface area contributed by atoms with Crippen LogP contribution in [0.2, 0.25) is 0 Å². The number of rotatable bonds is 6. The van der Waals surface area contributed by atoms with E-state index in [-0.39, 0.29) is 10.6 Å². The Morgan fingerprint density at radius 2 is 1.40 bits per heavy atom. The van der Waals surface area contributed by atoms with E-state index in [2.05, 4.69) is 9.46 Å². The van der Waals surface area contributed by atoms with Crippen LogP contribution in [0.25, 0.3) is 0 Å². The summed E-state index contributed by atoms with van der Waals surface area (Å²) in [6.07, 6.45) is -4.85. The Kier molecular flexibility index (Phi) is 5.31. The van der Waals surface area contributed by atoms with Gasteiger partial charge in [0, 0.05) is 18.2 Å². The van der Waals surface area contributed by atoms with E-state index in [4.69, 9.17) is 9.47 Å². The molecule has 0 aromatic heterocycles. The molecule has 0 saturated heterocycles. The monoisotopic (exact) mass is 377 g/mol. The first-order valence-electron chi connectivity index (χ1n) is 6.74. The summed E-state index contributed by atoms with van der Waals surface area (Å²) in [6, 6.07) is 8.24. The van der Waals surface area contributed by atoms with Crippen molar-refractivity contribution in [2.24, 2.45) is 0 Å². The zero-order valence-corrected chi connectivity index (χ0v) is 13.9. The number of methoxy groups -OCH3 is 2. The lowest BCUT2D eigenvalue weighted by Crippen LogP contribution is -2.17. The fourth-order valence-corrected chi connectivity index (χ4v) is 2.94. The molecule has 6 nitrogen and oxygen atoms in total. The lowest BCUT2D eigenvalue weighted by Gasteiger charge is -2.12. The number of ether oxygens (including phenoxy) is 3. The summed E-state index contributed by atoms with van der Waals surface area (Å²) in [5.74, 6) is 0.214. The van der Waals surface area contributed by atoms with E-state index in [0.717, 1.165) is 24.3 Å². The molecule has 25 heavy (non-hydrogen) atoms. The average Bonchev–Trinajstić information content (AvgIpc) is 2.53. The van der Waals surface area contributed by atoms with Crippen molar-refractivity contribution in [3.05, 3.63) is 42.5 Å². The number of alkyl halides is 3. The van der Waals surface area contributed by atoms with Gasteiger partial charge in [-0.05, 0) is 24.3 Å². The maximum absolute atomic E-state index is 12.3. The molecule has 1 N–H and O–H groups in total. The van der Waals surface area contributed by atoms with E-state index in [9.17, 15) is 21.6 Å². The molecule has 0 fully saturated rings. The number of sulfonamides is 1. The van der Waals surface area contributed by atoms with Crippen molar-refractivity contribution in [1.82, 2.24) is 0 Å². The minimum Gasteiger partial charge on any atom is -0.497 e. The Labute approximate surface area is 142 Å². The first kappa shape index (κ1) is 18.7. The second-order valence-corrected chi connectivity index (χ2v) is 6.41. The van der Waals surface area contributed by atoms with Gasteiger partial charge in [0.05, 0.1) is 24.8 Å². The van der Waals surface area contributed by atoms with Gasteiger partial charge in [-0.25, -0.2) is 8.42 Å². The average molecular weight is 377 g/mol. The summed E-state index contributed by atoms with van der Waals surface area (Å²) >= 11 is 0. The van der Waals surface area contributed by atoms with Crippen molar-refractivity contribution in [2.45, 2.75) is 11.3 Å². The van der Waals surface area contributed by atoms with Crippen LogP contribution >= 0.6 is 0 Å². The van der Waals surface area contributed by atoms with Crippen LogP contribution in [-0.2, 0) is 10.0 Å². The van der Waals surface area contributed by atoms with E-state index in [0.29, 0.717) is 11.5 Å². The molecule has 0 unspecified atom stereocenters. The fraction of sp³-hybridized carbons (Fsp3) is 0.200. The standard InChI is InChI=1S/C15H14F3NO5S/c1-22-12-7-10(8-13(9-12)23-2)19-25(20,21)14-5-3-11(4-6-14)24-15(16,17)18/h3-9,19H,1-2H3. The molecule has 136 valence electrons. The molecule has 0 atom stereocenters. The van der Waals surface area contributed by atoms with Gasteiger partial charge < -0.3 is 14.2 Å². The van der Waals surface area contributed by atoms with Crippen LogP contribution in [0.3, 0.4) is 0 Å². The van der Waals surface area contributed by atoms with Crippen LogP contribution in [0.15, 0.2) is 47.4 Å². The van der Waals surface area contributed by atoms with Gasteiger partial charge in [-0.2, -0.15) is 0 Å². The molecule has 0 saturated carbocycles. The van der Waals surface area contributed by atoms with E-state index in [1.165, 1.54) is 26.4 Å². The molecule has 0 radical (unpaired) electrons. The zero-order valence-electron chi connectivity index (χ0n) is 13.1. The lowest BCUT2D eigenvalue weighted by atomic mass is 10.3. The summed E-state index contributed by atoms with van der Waals surface area (Å²) < 4.78 is 77.2. The second kappa shape index (κ2) is 7.09. The minimum atomic E-state index is -4.85. The van der Waals surface area contributed by atoms with Gasteiger partial charge in [-0.15, -0.1) is 13.2 Å². The molecule has 2 aromatic rings. The third-order valence-corrected chi connectivity index (χ3v) is 4.37. The molecule has 0 spiro atoms. The van der Waals surface area contributed by atoms with Crippen LogP contribution in [0.5, 0.6) is 17.2 Å². The molecule has 10 heteroatoms. The summed E-state index contributed by atoms with van der Waals surface area (Å²) in [5, 5.41) is 0. The molecule has 0 heterocycles. The zero-order chi connectivity index (χ0) is 18.7. The maximum atomic E-state index is 12.3. The fourth-order valence-electron chi connectivity index (χ4n) is 1.90. The van der Waals surface area contributed by atoms with E-state index >= 15 is 0 Å². The van der Waals surface area contributed by atoms with Crippen molar-refractivity contribution in [3.8, 4) is 17.2 Å². The van der Waals surface area contributed by atoms with Gasteiger partial charge in [-0.3, -0.25) is 4.72 Å². The number of anilines is 1. The first-order valence-corrected chi connectivity index (χ1v) is 8.23. The molecule has 2 rings (SSSR count). The molecular weight excluding hydrogens is 363 g/mol. The van der Waals surface area contributed by atoms with Gasteiger partial charge >= 0.3 is 6.36 Å². The van der Waals surface area contributed by atoms with Crippen molar-refractivity contribution in [2.75, 3.05) is 18.9 Å². The Bertz CT molecular complexity index is 813. The van der Waals surface area contributed by atoms with Crippen LogP contribution in [0.1, 0.15) is 0 Å². The summed E-state index contributed by atoms with van der Waals surface area (Å²) in [6.45, 7) is 0. The third kappa shape index (κ3) is 5.18. The van der Waals surface area contributed by atoms with Crippen molar-refractivity contribution in [1.29, 1.82) is 0 Å². The minimum absolute atomic E-state index is 0.173. The molecule has 0 aliphatic heterocycles. The van der Waals surface area contributed by atoms with Gasteiger partial charge in [0.15, 0.2) is 0 Å². The Morgan fingerprint density at radius 3 is 1.84 bits per heavy atom. The highest BCUT2D eigenvalue weighted by molar-refractivity contribution is 7.92. The van der Waals surface area contributed by atoms with E-state index < -0.39 is 22.1 Å². The highest BCUT2D eigenvalue weighted by atomic mass is 32.2. The van der Waals surface area contributed by atoms with Gasteiger partial charge in [0.2, 0.25) is 0 Å².